The van der Waals surface area contributed by atoms with Crippen LogP contribution in [0.15, 0.2) is 6.20 Å². The van der Waals surface area contributed by atoms with E-state index in [1.165, 1.54) is 0 Å². The molecule has 0 radical (unpaired) electrons. The molecule has 0 bridgehead atoms. The summed E-state index contributed by atoms with van der Waals surface area (Å²) in [6, 6.07) is 0. The molecular formula is C10H21N3OS. The summed E-state index contributed by atoms with van der Waals surface area (Å²) >= 11 is 4.72. The maximum Gasteiger partial charge on any atom is 0.174 e. The predicted octanol–water partition coefficient (Wildman–Crippen LogP) is 2.20. The molecule has 88 valence electrons. The minimum Gasteiger partial charge on any atom is -0.337 e. The summed E-state index contributed by atoms with van der Waals surface area (Å²) in [6.45, 7) is 7.99. The van der Waals surface area contributed by atoms with E-state index in [-0.39, 0.29) is 5.78 Å². The van der Waals surface area contributed by atoms with E-state index in [1.54, 1.807) is 14.0 Å². The molecule has 4 nitrogen and oxygen atoms in total. The molecule has 0 atom stereocenters. The van der Waals surface area contributed by atoms with Crippen LogP contribution >= 0.6 is 12.2 Å². The van der Waals surface area contributed by atoms with Gasteiger partial charge in [-0.25, -0.2) is 0 Å². The molecule has 0 saturated carbocycles. The van der Waals surface area contributed by atoms with Crippen LogP contribution in [0.5, 0.6) is 0 Å². The molecule has 5 heteroatoms. The van der Waals surface area contributed by atoms with Crippen molar-refractivity contribution in [2.24, 2.45) is 0 Å². The Kier molecular flexibility index (Phi) is 12.2. The van der Waals surface area contributed by atoms with Crippen molar-refractivity contribution in [2.75, 3.05) is 13.6 Å². The number of aryl methyl sites for hydroxylation is 1. The van der Waals surface area contributed by atoms with Crippen molar-refractivity contribution in [2.45, 2.75) is 27.7 Å². The van der Waals surface area contributed by atoms with Crippen molar-refractivity contribution in [3.05, 3.63) is 16.7 Å². The normalized spacial score (nSPS) is 8.07. The summed E-state index contributed by atoms with van der Waals surface area (Å²) in [6.07, 6.45) is 1.84. The lowest BCUT2D eigenvalue weighted by Crippen LogP contribution is -2.14. The number of aromatic amines is 2. The molecule has 0 aliphatic rings. The molecule has 0 aromatic carbocycles. The molecule has 1 heterocycles. The Hall–Kier alpha value is -0.940. The van der Waals surface area contributed by atoms with Crippen LogP contribution in [0.25, 0.3) is 0 Å². The smallest absolute Gasteiger partial charge is 0.174 e. The lowest BCUT2D eigenvalue weighted by molar-refractivity contribution is -0.116. The van der Waals surface area contributed by atoms with Gasteiger partial charge in [0.15, 0.2) is 4.77 Å². The molecule has 0 fully saturated rings. The predicted molar refractivity (Wildman–Crippen MR) is 66.7 cm³/mol. The van der Waals surface area contributed by atoms with E-state index >= 15 is 0 Å². The van der Waals surface area contributed by atoms with Gasteiger partial charge in [-0.15, -0.1) is 0 Å². The highest BCUT2D eigenvalue weighted by molar-refractivity contribution is 7.71. The number of likely N-dealkylation sites (N-methyl/N-ethyl adjacent to an activating group) is 1. The molecule has 0 aliphatic carbocycles. The van der Waals surface area contributed by atoms with Crippen LogP contribution in [0, 0.1) is 11.7 Å². The Morgan fingerprint density at radius 3 is 2.13 bits per heavy atom. The zero-order chi connectivity index (χ0) is 12.3. The van der Waals surface area contributed by atoms with Crippen molar-refractivity contribution >= 4 is 18.0 Å². The van der Waals surface area contributed by atoms with Crippen LogP contribution in [-0.4, -0.2) is 29.3 Å². The monoisotopic (exact) mass is 231 g/mol. The average Bonchev–Trinajstić information content (AvgIpc) is 2.54. The van der Waals surface area contributed by atoms with Crippen LogP contribution < -0.4 is 5.32 Å². The fraction of sp³-hybridized carbons (Fsp3) is 0.600. The first kappa shape index (κ1) is 16.5. The zero-order valence-corrected chi connectivity index (χ0v) is 10.9. The number of imidazole rings is 1. The SMILES string of the molecule is CC.CNCC(C)=O.Cc1c[nH]c(=S)[nH]1. The first-order chi connectivity index (χ1) is 7.06. The fourth-order valence-corrected chi connectivity index (χ4v) is 0.894. The van der Waals surface area contributed by atoms with Crippen LogP contribution in [0.1, 0.15) is 26.5 Å². The van der Waals surface area contributed by atoms with Crippen molar-refractivity contribution in [3.63, 3.8) is 0 Å². The highest BCUT2D eigenvalue weighted by atomic mass is 32.1. The third-order valence-corrected chi connectivity index (χ3v) is 1.38. The molecule has 15 heavy (non-hydrogen) atoms. The minimum atomic E-state index is 0.178. The summed E-state index contributed by atoms with van der Waals surface area (Å²) in [5.74, 6) is 0.178. The second-order valence-corrected chi connectivity index (χ2v) is 3.07. The van der Waals surface area contributed by atoms with Crippen LogP contribution in [0.3, 0.4) is 0 Å². The van der Waals surface area contributed by atoms with E-state index in [0.717, 1.165) is 5.69 Å². The summed E-state index contributed by atoms with van der Waals surface area (Å²) in [5, 5.41) is 2.72. The van der Waals surface area contributed by atoms with E-state index in [2.05, 4.69) is 15.3 Å². The average molecular weight is 231 g/mol. The van der Waals surface area contributed by atoms with Crippen molar-refractivity contribution in [1.82, 2.24) is 15.3 Å². The number of Topliss-reactive ketones (excluding diaryl/α,β-unsaturated/α-hetero) is 1. The summed E-state index contributed by atoms with van der Waals surface area (Å²) < 4.78 is 0.692. The molecular weight excluding hydrogens is 210 g/mol. The summed E-state index contributed by atoms with van der Waals surface area (Å²) in [4.78, 5) is 15.7. The van der Waals surface area contributed by atoms with Crippen LogP contribution in [0.4, 0.5) is 0 Å². The number of ketones is 1. The minimum absolute atomic E-state index is 0.178. The highest BCUT2D eigenvalue weighted by Crippen LogP contribution is 1.85. The molecule has 1 aromatic rings. The van der Waals surface area contributed by atoms with Gasteiger partial charge in [0.2, 0.25) is 0 Å². The quantitative estimate of drug-likeness (QED) is 0.684. The number of rotatable bonds is 2. The molecule has 0 aliphatic heterocycles. The zero-order valence-electron chi connectivity index (χ0n) is 10.1. The Bertz CT molecular complexity index is 304. The molecule has 3 N–H and O–H groups in total. The van der Waals surface area contributed by atoms with Gasteiger partial charge in [0.25, 0.3) is 0 Å². The van der Waals surface area contributed by atoms with Gasteiger partial charge in [-0.3, -0.25) is 4.79 Å². The lowest BCUT2D eigenvalue weighted by Gasteiger charge is -1.85. The van der Waals surface area contributed by atoms with Gasteiger partial charge in [0, 0.05) is 11.9 Å². The lowest BCUT2D eigenvalue weighted by atomic mass is 10.5. The van der Waals surface area contributed by atoms with Gasteiger partial charge in [-0.1, -0.05) is 13.8 Å². The van der Waals surface area contributed by atoms with Gasteiger partial charge in [0.1, 0.15) is 5.78 Å². The maximum absolute atomic E-state index is 9.98. The molecule has 1 aromatic heterocycles. The first-order valence-corrected chi connectivity index (χ1v) is 5.35. The van der Waals surface area contributed by atoms with E-state index < -0.39 is 0 Å². The number of aromatic nitrogens is 2. The maximum atomic E-state index is 9.98. The first-order valence-electron chi connectivity index (χ1n) is 4.94. The second-order valence-electron chi connectivity index (χ2n) is 2.66. The Labute approximate surface area is 96.5 Å². The molecule has 0 saturated heterocycles. The van der Waals surface area contributed by atoms with Gasteiger partial charge < -0.3 is 15.3 Å². The van der Waals surface area contributed by atoms with Crippen molar-refractivity contribution in [1.29, 1.82) is 0 Å². The third-order valence-electron chi connectivity index (χ3n) is 1.16. The number of carbonyl (C=O) groups is 1. The van der Waals surface area contributed by atoms with Gasteiger partial charge in [-0.05, 0) is 33.1 Å². The molecule has 1 rings (SSSR count). The molecule has 0 unspecified atom stereocenters. The topological polar surface area (TPSA) is 60.7 Å². The number of hydrogen-bond acceptors (Lipinski definition) is 3. The Morgan fingerprint density at radius 2 is 2.07 bits per heavy atom. The van der Waals surface area contributed by atoms with E-state index in [0.29, 0.717) is 11.3 Å². The largest absolute Gasteiger partial charge is 0.337 e. The van der Waals surface area contributed by atoms with E-state index in [1.807, 2.05) is 27.0 Å². The van der Waals surface area contributed by atoms with Gasteiger partial charge in [0.05, 0.1) is 6.54 Å². The third kappa shape index (κ3) is 13.1. The number of carbonyl (C=O) groups excluding carboxylic acids is 1. The Balaban J connectivity index is 0. The van der Waals surface area contributed by atoms with Crippen LogP contribution in [0.2, 0.25) is 0 Å². The summed E-state index contributed by atoms with van der Waals surface area (Å²) in [5.41, 5.74) is 1.07. The van der Waals surface area contributed by atoms with Gasteiger partial charge >= 0.3 is 0 Å². The second kappa shape index (κ2) is 11.1. The van der Waals surface area contributed by atoms with Crippen molar-refractivity contribution in [3.8, 4) is 0 Å². The number of hydrogen-bond donors (Lipinski definition) is 3. The Morgan fingerprint density at radius 1 is 1.53 bits per heavy atom. The number of nitrogens with one attached hydrogen (secondary N) is 3. The standard InChI is InChI=1S/C4H6N2S.C4H9NO.C2H6/c1-3-2-5-4(7)6-3;1-4(6)3-5-2;1-2/h2H,1H3,(H2,5,6,7);5H,3H2,1-2H3;1-2H3. The van der Waals surface area contributed by atoms with E-state index in [9.17, 15) is 4.79 Å². The molecule has 0 spiro atoms. The van der Waals surface area contributed by atoms with Gasteiger partial charge in [-0.2, -0.15) is 0 Å². The summed E-state index contributed by atoms with van der Waals surface area (Å²) in [7, 11) is 1.75. The fourth-order valence-electron chi connectivity index (χ4n) is 0.674. The molecule has 0 amide bonds. The van der Waals surface area contributed by atoms with E-state index in [4.69, 9.17) is 12.2 Å². The van der Waals surface area contributed by atoms with Crippen molar-refractivity contribution < 1.29 is 4.79 Å². The number of H-pyrrole nitrogens is 2. The van der Waals surface area contributed by atoms with Crippen LogP contribution in [-0.2, 0) is 4.79 Å². The highest BCUT2D eigenvalue weighted by Gasteiger charge is 1.82.